The number of pyridine rings is 1. The molecule has 3 aromatic rings. The molecule has 2 aromatic carbocycles. The molecule has 1 heterocycles. The third-order valence-electron chi connectivity index (χ3n) is 8.63. The zero-order chi connectivity index (χ0) is 41.1. The quantitative estimate of drug-likeness (QED) is 0.0237. The van der Waals surface area contributed by atoms with Gasteiger partial charge in [0.2, 0.25) is 23.3 Å². The van der Waals surface area contributed by atoms with E-state index in [1.54, 1.807) is 0 Å². The number of benzene rings is 2. The summed E-state index contributed by atoms with van der Waals surface area (Å²) in [5.41, 5.74) is 9.59. The van der Waals surface area contributed by atoms with Crippen molar-refractivity contribution in [3.05, 3.63) is 64.7 Å². The maximum absolute atomic E-state index is 13.6. The van der Waals surface area contributed by atoms with Crippen LogP contribution in [0.15, 0.2) is 30.3 Å². The maximum atomic E-state index is 13.6. The highest BCUT2D eigenvalue weighted by Gasteiger charge is 2.23. The van der Waals surface area contributed by atoms with Crippen LogP contribution in [0.4, 0.5) is 23.4 Å². The third kappa shape index (κ3) is 18.9. The van der Waals surface area contributed by atoms with E-state index in [4.69, 9.17) is 34.2 Å². The Balaban J connectivity index is 1.04. The van der Waals surface area contributed by atoms with E-state index in [0.29, 0.717) is 78.2 Å². The molecule has 0 unspecified atom stereocenters. The lowest BCUT2D eigenvalue weighted by Crippen LogP contribution is -2.25. The average Bonchev–Trinajstić information content (AvgIpc) is 3.19. The molecule has 3 N–H and O–H groups in total. The van der Waals surface area contributed by atoms with Gasteiger partial charge in [0.15, 0.2) is 11.6 Å². The first-order valence-electron chi connectivity index (χ1n) is 19.6. The van der Waals surface area contributed by atoms with Crippen molar-refractivity contribution in [2.75, 3.05) is 91.6 Å². The summed E-state index contributed by atoms with van der Waals surface area (Å²) in [7, 11) is 0. The number of ether oxygens (including phenoxy) is 7. The molecule has 0 fully saturated rings. The molecule has 0 bridgehead atoms. The first-order valence-corrected chi connectivity index (χ1v) is 19.6. The zero-order valence-electron chi connectivity index (χ0n) is 32.9. The maximum Gasteiger partial charge on any atom is 0.313 e. The van der Waals surface area contributed by atoms with Gasteiger partial charge in [-0.05, 0) is 55.4 Å². The Morgan fingerprint density at radius 2 is 1.18 bits per heavy atom. The molecule has 0 spiro atoms. The van der Waals surface area contributed by atoms with Gasteiger partial charge in [-0.3, -0.25) is 9.59 Å². The summed E-state index contributed by atoms with van der Waals surface area (Å²) in [5.74, 6) is -8.89. The minimum Gasteiger partial charge on any atom is -0.420 e. The summed E-state index contributed by atoms with van der Waals surface area (Å²) < 4.78 is 90.2. The van der Waals surface area contributed by atoms with Crippen molar-refractivity contribution in [2.45, 2.75) is 71.1 Å². The number of fused-ring (bicyclic) bond motifs is 1. The lowest BCUT2D eigenvalue weighted by Gasteiger charge is -2.11. The van der Waals surface area contributed by atoms with Gasteiger partial charge in [-0.15, -0.1) is 0 Å². The molecule has 0 radical (unpaired) electrons. The number of anilines is 1. The van der Waals surface area contributed by atoms with E-state index in [1.807, 2.05) is 12.1 Å². The Morgan fingerprint density at radius 1 is 0.649 bits per heavy atom. The average molecular weight is 812 g/mol. The van der Waals surface area contributed by atoms with E-state index >= 15 is 0 Å². The number of rotatable bonds is 32. The van der Waals surface area contributed by atoms with Gasteiger partial charge in [-0.2, -0.15) is 8.78 Å². The first-order chi connectivity index (χ1) is 27.7. The van der Waals surface area contributed by atoms with Crippen LogP contribution >= 0.6 is 0 Å². The van der Waals surface area contributed by atoms with Crippen LogP contribution in [0.25, 0.3) is 10.9 Å². The van der Waals surface area contributed by atoms with Crippen molar-refractivity contribution in [1.82, 2.24) is 10.3 Å². The van der Waals surface area contributed by atoms with Crippen molar-refractivity contribution < 1.29 is 60.3 Å². The van der Waals surface area contributed by atoms with Crippen LogP contribution in [0.3, 0.4) is 0 Å². The van der Waals surface area contributed by atoms with Crippen LogP contribution in [0.5, 0.6) is 5.75 Å². The predicted octanol–water partition coefficient (Wildman–Crippen LogP) is 6.42. The van der Waals surface area contributed by atoms with Gasteiger partial charge >= 0.3 is 5.97 Å². The van der Waals surface area contributed by atoms with Crippen LogP contribution in [0.1, 0.15) is 69.4 Å². The molecule has 1 aromatic heterocycles. The molecule has 0 saturated carbocycles. The summed E-state index contributed by atoms with van der Waals surface area (Å²) >= 11 is 0. The molecule has 0 saturated heterocycles. The minimum atomic E-state index is -1.80. The van der Waals surface area contributed by atoms with E-state index in [-0.39, 0.29) is 31.8 Å². The number of hydrogen-bond acceptors (Lipinski definition) is 11. The second-order valence-electron chi connectivity index (χ2n) is 13.1. The van der Waals surface area contributed by atoms with E-state index in [0.717, 1.165) is 49.6 Å². The van der Waals surface area contributed by atoms with Gasteiger partial charge in [0.1, 0.15) is 5.82 Å². The van der Waals surface area contributed by atoms with E-state index in [2.05, 4.69) is 34.1 Å². The fourth-order valence-corrected chi connectivity index (χ4v) is 5.56. The fourth-order valence-electron chi connectivity index (χ4n) is 5.56. The van der Waals surface area contributed by atoms with Gasteiger partial charge in [-0.25, -0.2) is 13.8 Å². The van der Waals surface area contributed by atoms with Gasteiger partial charge in [-0.1, -0.05) is 38.3 Å². The first kappa shape index (κ1) is 47.4. The number of nitrogens with zero attached hydrogens (tertiary/aromatic N) is 1. The Kier molecular flexibility index (Phi) is 23.7. The summed E-state index contributed by atoms with van der Waals surface area (Å²) in [6, 6.07) is 8.47. The largest absolute Gasteiger partial charge is 0.420 e. The van der Waals surface area contributed by atoms with E-state index in [9.17, 15) is 27.2 Å². The number of nitrogens with two attached hydrogens (primary N) is 1. The van der Waals surface area contributed by atoms with Crippen LogP contribution in [-0.2, 0) is 50.9 Å². The SMILES string of the molecule is CCCCCc1cc2c(CCCCCNC(=O)CCOCCOCCOCCOCCOCCOCCC(=O)Oc3c(F)c(F)cc(F)c3F)cccc2nc1N. The Bertz CT molecular complexity index is 1610. The summed E-state index contributed by atoms with van der Waals surface area (Å²) in [5, 5.41) is 4.15. The summed E-state index contributed by atoms with van der Waals surface area (Å²) in [6.07, 6.45) is 8.25. The molecule has 3 rings (SSSR count). The van der Waals surface area contributed by atoms with Gasteiger partial charge in [0, 0.05) is 24.4 Å². The molecule has 0 aliphatic heterocycles. The second kappa shape index (κ2) is 28.5. The predicted molar refractivity (Wildman–Crippen MR) is 206 cm³/mol. The third-order valence-corrected chi connectivity index (χ3v) is 8.63. The number of halogens is 4. The van der Waals surface area contributed by atoms with Gasteiger partial charge in [0.25, 0.3) is 0 Å². The highest BCUT2D eigenvalue weighted by Crippen LogP contribution is 2.27. The van der Waals surface area contributed by atoms with Crippen molar-refractivity contribution in [2.24, 2.45) is 0 Å². The lowest BCUT2D eigenvalue weighted by molar-refractivity contribution is -0.136. The number of nitrogen functional groups attached to an aromatic ring is 1. The molecular weight excluding hydrogens is 754 g/mol. The number of nitrogens with one attached hydrogen (secondary N) is 1. The van der Waals surface area contributed by atoms with Crippen LogP contribution < -0.4 is 15.8 Å². The Hall–Kier alpha value is -3.93. The van der Waals surface area contributed by atoms with Crippen LogP contribution in [0.2, 0.25) is 0 Å². The molecule has 0 aliphatic rings. The number of unbranched alkanes of at least 4 members (excludes halogenated alkanes) is 4. The molecule has 1 amide bonds. The molecule has 0 atom stereocenters. The van der Waals surface area contributed by atoms with Crippen LogP contribution in [-0.4, -0.2) is 103 Å². The number of carbonyl (C=O) groups excluding carboxylic acids is 2. The topological polar surface area (TPSA) is 150 Å². The van der Waals surface area contributed by atoms with Crippen molar-refractivity contribution in [1.29, 1.82) is 0 Å². The highest BCUT2D eigenvalue weighted by atomic mass is 19.2. The van der Waals surface area contributed by atoms with E-state index in [1.165, 1.54) is 23.8 Å². The highest BCUT2D eigenvalue weighted by molar-refractivity contribution is 5.84. The van der Waals surface area contributed by atoms with Gasteiger partial charge in [0.05, 0.1) is 91.2 Å². The monoisotopic (exact) mass is 811 g/mol. The minimum absolute atomic E-state index is 0.0183. The van der Waals surface area contributed by atoms with Crippen molar-refractivity contribution >= 4 is 28.6 Å². The van der Waals surface area contributed by atoms with Crippen molar-refractivity contribution in [3.63, 3.8) is 0 Å². The Morgan fingerprint density at radius 3 is 1.75 bits per heavy atom. The van der Waals surface area contributed by atoms with E-state index < -0.39 is 41.4 Å². The molecule has 12 nitrogen and oxygen atoms in total. The van der Waals surface area contributed by atoms with Gasteiger partial charge < -0.3 is 44.2 Å². The molecule has 57 heavy (non-hydrogen) atoms. The Labute approximate surface area is 332 Å². The smallest absolute Gasteiger partial charge is 0.313 e. The second-order valence-corrected chi connectivity index (χ2v) is 13.1. The summed E-state index contributed by atoms with van der Waals surface area (Å²) in [6.45, 7) is 6.25. The number of esters is 1. The number of carbonyl (C=O) groups is 2. The zero-order valence-corrected chi connectivity index (χ0v) is 32.9. The lowest BCUT2D eigenvalue weighted by atomic mass is 9.99. The summed E-state index contributed by atoms with van der Waals surface area (Å²) in [4.78, 5) is 28.5. The number of aryl methyl sites for hydroxylation is 2. The normalized spacial score (nSPS) is 11.4. The van der Waals surface area contributed by atoms with Crippen LogP contribution in [0, 0.1) is 23.3 Å². The number of aromatic nitrogens is 1. The molecule has 16 heteroatoms. The number of amides is 1. The molecule has 0 aliphatic carbocycles. The molecule has 318 valence electrons. The standard InChI is InChI=1S/C41H57F4N3O9/c1-2-3-5-10-31-28-32-30(11-8-12-35(32)48-41(31)46)9-6-4-7-15-47-36(49)13-16-51-18-20-53-22-24-55-26-27-56-25-23-54-21-19-52-17-14-37(50)57-40-38(44)33(42)29-34(43)39(40)45/h8,11-12,28-29H,2-7,9-10,13-27H2,1H3,(H2,46,48)(H,47,49). The number of hydrogen-bond donors (Lipinski definition) is 2. The van der Waals surface area contributed by atoms with Crippen molar-refractivity contribution in [3.8, 4) is 5.75 Å². The fraction of sp³-hybridized carbons (Fsp3) is 0.585. The molecular formula is C41H57F4N3O9.